The van der Waals surface area contributed by atoms with E-state index in [1.807, 2.05) is 0 Å². The summed E-state index contributed by atoms with van der Waals surface area (Å²) in [6, 6.07) is 0. The second-order valence-corrected chi connectivity index (χ2v) is 6.63. The quantitative estimate of drug-likeness (QED) is 0.398. The van der Waals surface area contributed by atoms with Gasteiger partial charge in [0.25, 0.3) is 5.56 Å². The molecule has 122 valence electrons. The van der Waals surface area contributed by atoms with Crippen molar-refractivity contribution in [2.24, 2.45) is 0 Å². The van der Waals surface area contributed by atoms with Crippen LogP contribution in [-0.2, 0) is 15.8 Å². The number of hydrogen-bond donors (Lipinski definition) is 5. The van der Waals surface area contributed by atoms with Gasteiger partial charge in [-0.15, -0.1) is 0 Å². The average molecular weight is 333 g/mol. The Kier molecular flexibility index (Phi) is 4.36. The van der Waals surface area contributed by atoms with Crippen LogP contribution in [-0.4, -0.2) is 53.0 Å². The van der Waals surface area contributed by atoms with Gasteiger partial charge in [0.2, 0.25) is 5.95 Å². The average Bonchev–Trinajstić information content (AvgIpc) is 2.79. The first-order valence-corrected chi connectivity index (χ1v) is 7.93. The Morgan fingerprint density at radius 3 is 2.82 bits per heavy atom. The summed E-state index contributed by atoms with van der Waals surface area (Å²) in [5, 5.41) is 9.44. The van der Waals surface area contributed by atoms with Crippen LogP contribution in [0.15, 0.2) is 11.1 Å². The van der Waals surface area contributed by atoms with Crippen molar-refractivity contribution in [2.75, 3.05) is 18.7 Å². The van der Waals surface area contributed by atoms with Crippen molar-refractivity contribution in [1.82, 2.24) is 19.5 Å². The number of hydrogen-bond acceptors (Lipinski definition) is 7. The molecule has 22 heavy (non-hydrogen) atoms. The number of aliphatic hydroxyl groups is 1. The highest BCUT2D eigenvalue weighted by molar-refractivity contribution is 7.51. The van der Waals surface area contributed by atoms with Gasteiger partial charge in [-0.25, -0.2) is 4.98 Å². The first kappa shape index (κ1) is 16.6. The number of aromatic amines is 1. The number of rotatable bonds is 6. The Morgan fingerprint density at radius 1 is 1.55 bits per heavy atom. The molecule has 0 fully saturated rings. The molecule has 0 spiro atoms. The zero-order valence-corrected chi connectivity index (χ0v) is 12.5. The lowest BCUT2D eigenvalue weighted by molar-refractivity contribution is -0.0622. The van der Waals surface area contributed by atoms with E-state index in [0.29, 0.717) is 0 Å². The van der Waals surface area contributed by atoms with E-state index < -0.39 is 31.7 Å². The largest absolute Gasteiger partial charge is 0.393 e. The molecule has 12 heteroatoms. The number of ether oxygens (including phenoxy) is 1. The number of nitrogens with zero attached hydrogens (tertiary/aromatic N) is 3. The van der Waals surface area contributed by atoms with Crippen molar-refractivity contribution in [3.63, 3.8) is 0 Å². The summed E-state index contributed by atoms with van der Waals surface area (Å²) >= 11 is 0. The minimum absolute atomic E-state index is 0.0319. The molecular formula is C10H16N5O6P. The lowest BCUT2D eigenvalue weighted by Crippen LogP contribution is -2.38. The summed E-state index contributed by atoms with van der Waals surface area (Å²) in [5.74, 6) is -0.0962. The first-order valence-electron chi connectivity index (χ1n) is 6.13. The van der Waals surface area contributed by atoms with Gasteiger partial charge < -0.3 is 29.9 Å². The van der Waals surface area contributed by atoms with Crippen LogP contribution >= 0.6 is 7.60 Å². The van der Waals surface area contributed by atoms with Crippen LogP contribution in [0.5, 0.6) is 0 Å². The number of H-pyrrole nitrogens is 1. The van der Waals surface area contributed by atoms with E-state index >= 15 is 0 Å². The van der Waals surface area contributed by atoms with Gasteiger partial charge in [0.1, 0.15) is 11.9 Å². The minimum atomic E-state index is -4.38. The van der Waals surface area contributed by atoms with Crippen molar-refractivity contribution < 1.29 is 24.2 Å². The second-order valence-electron chi connectivity index (χ2n) is 5.04. The van der Waals surface area contributed by atoms with Crippen molar-refractivity contribution in [1.29, 1.82) is 0 Å². The van der Waals surface area contributed by atoms with Gasteiger partial charge in [0.15, 0.2) is 11.2 Å². The van der Waals surface area contributed by atoms with Crippen LogP contribution in [0.4, 0.5) is 5.95 Å². The van der Waals surface area contributed by atoms with Crippen LogP contribution in [0.25, 0.3) is 11.2 Å². The number of anilines is 1. The molecule has 2 aromatic heterocycles. The monoisotopic (exact) mass is 333 g/mol. The maximum Gasteiger partial charge on any atom is 0.351 e. The standard InChI is InChI=1S/C10H16N5O6P/c1-10(3-16,21-5-22(18,19)20)2-15-4-12-6-7(15)13-9(11)14-8(6)17/h4,16H,2-3,5H2,1H3,(H2,18,19,20)(H3,11,13,14,17)/t10-/m1/s1. The Labute approximate surface area is 123 Å². The third kappa shape index (κ3) is 3.70. The predicted molar refractivity (Wildman–Crippen MR) is 76.0 cm³/mol. The third-order valence-corrected chi connectivity index (χ3v) is 3.38. The molecule has 0 bridgehead atoms. The fourth-order valence-corrected chi connectivity index (χ4v) is 2.31. The number of nitrogen functional groups attached to an aromatic ring is 1. The third-order valence-electron chi connectivity index (χ3n) is 2.91. The number of nitrogens with two attached hydrogens (primary N) is 1. The van der Waals surface area contributed by atoms with E-state index in [1.165, 1.54) is 17.8 Å². The normalized spacial score (nSPS) is 15.1. The highest BCUT2D eigenvalue weighted by atomic mass is 31.2. The number of nitrogens with one attached hydrogen (secondary N) is 1. The molecule has 0 aliphatic rings. The molecule has 0 radical (unpaired) electrons. The van der Waals surface area contributed by atoms with Crippen LogP contribution < -0.4 is 11.3 Å². The van der Waals surface area contributed by atoms with Gasteiger partial charge >= 0.3 is 7.60 Å². The summed E-state index contributed by atoms with van der Waals surface area (Å²) in [6.07, 6.45) is 0.466. The van der Waals surface area contributed by atoms with Crippen LogP contribution in [0.1, 0.15) is 6.92 Å². The summed E-state index contributed by atoms with van der Waals surface area (Å²) in [4.78, 5) is 39.5. The fraction of sp³-hybridized carbons (Fsp3) is 0.500. The van der Waals surface area contributed by atoms with Crippen LogP contribution in [0.3, 0.4) is 0 Å². The topological polar surface area (TPSA) is 177 Å². The Hall–Kier alpha value is -1.78. The Morgan fingerprint density at radius 2 is 2.23 bits per heavy atom. The Bertz CT molecular complexity index is 782. The van der Waals surface area contributed by atoms with Gasteiger partial charge in [-0.2, -0.15) is 4.98 Å². The smallest absolute Gasteiger partial charge is 0.351 e. The molecule has 11 nitrogen and oxygen atoms in total. The number of aromatic nitrogens is 4. The summed E-state index contributed by atoms with van der Waals surface area (Å²) in [7, 11) is -4.38. The molecule has 2 heterocycles. The summed E-state index contributed by atoms with van der Waals surface area (Å²) in [5.41, 5.74) is 3.91. The van der Waals surface area contributed by atoms with Crippen molar-refractivity contribution in [3.8, 4) is 0 Å². The molecule has 0 aliphatic heterocycles. The molecule has 1 atom stereocenters. The molecular weight excluding hydrogens is 317 g/mol. The molecule has 0 aromatic carbocycles. The van der Waals surface area contributed by atoms with Crippen LogP contribution in [0, 0.1) is 0 Å². The second kappa shape index (κ2) is 5.78. The lowest BCUT2D eigenvalue weighted by atomic mass is 10.1. The van der Waals surface area contributed by atoms with Gasteiger partial charge in [-0.3, -0.25) is 14.3 Å². The van der Waals surface area contributed by atoms with E-state index in [2.05, 4.69) is 15.0 Å². The van der Waals surface area contributed by atoms with Gasteiger partial charge in [0, 0.05) is 0 Å². The molecule has 0 saturated heterocycles. The number of fused-ring (bicyclic) bond motifs is 1. The van der Waals surface area contributed by atoms with E-state index in [-0.39, 0.29) is 23.7 Å². The maximum absolute atomic E-state index is 11.7. The highest BCUT2D eigenvalue weighted by Crippen LogP contribution is 2.36. The highest BCUT2D eigenvalue weighted by Gasteiger charge is 2.29. The SMILES string of the molecule is C[C@](CO)(Cn1cnc2c(=O)[nH]c(N)nc21)OCP(=O)(O)O. The van der Waals surface area contributed by atoms with Gasteiger partial charge in [0.05, 0.1) is 19.5 Å². The maximum atomic E-state index is 11.7. The van der Waals surface area contributed by atoms with E-state index in [1.54, 1.807) is 0 Å². The molecule has 0 unspecified atom stereocenters. The zero-order valence-electron chi connectivity index (χ0n) is 11.6. The molecule has 0 saturated carbocycles. The van der Waals surface area contributed by atoms with Gasteiger partial charge in [-0.1, -0.05) is 0 Å². The molecule has 2 aromatic rings. The van der Waals surface area contributed by atoms with Crippen LogP contribution in [0.2, 0.25) is 0 Å². The van der Waals surface area contributed by atoms with E-state index in [0.717, 1.165) is 0 Å². The predicted octanol–water partition coefficient (Wildman–Crippen LogP) is -1.40. The molecule has 6 N–H and O–H groups in total. The van der Waals surface area contributed by atoms with E-state index in [9.17, 15) is 14.5 Å². The zero-order chi connectivity index (χ0) is 16.5. The van der Waals surface area contributed by atoms with Crippen molar-refractivity contribution in [3.05, 3.63) is 16.7 Å². The summed E-state index contributed by atoms with van der Waals surface area (Å²) < 4.78 is 17.4. The molecule has 2 rings (SSSR count). The number of aliphatic hydroxyl groups excluding tert-OH is 1. The molecule has 0 amide bonds. The van der Waals surface area contributed by atoms with Gasteiger partial charge in [-0.05, 0) is 6.92 Å². The Balaban J connectivity index is 2.32. The summed E-state index contributed by atoms with van der Waals surface area (Å²) in [6.45, 7) is 0.923. The molecule has 0 aliphatic carbocycles. The first-order chi connectivity index (χ1) is 10.1. The van der Waals surface area contributed by atoms with Crippen molar-refractivity contribution in [2.45, 2.75) is 19.1 Å². The van der Waals surface area contributed by atoms with E-state index in [4.69, 9.17) is 20.3 Å². The minimum Gasteiger partial charge on any atom is -0.393 e. The number of imidazole rings is 1. The van der Waals surface area contributed by atoms with Crippen molar-refractivity contribution >= 4 is 24.7 Å². The fourth-order valence-electron chi connectivity index (χ4n) is 1.83. The lowest BCUT2D eigenvalue weighted by Gasteiger charge is -2.28.